The first-order valence-electron chi connectivity index (χ1n) is 17.5. The number of thiazole rings is 1. The summed E-state index contributed by atoms with van der Waals surface area (Å²) in [5.41, 5.74) is 14.8. The van der Waals surface area contributed by atoms with Crippen molar-refractivity contribution in [2.45, 2.75) is 59.2 Å². The first-order chi connectivity index (χ1) is 24.8. The molecule has 52 heavy (non-hydrogen) atoms. The van der Waals surface area contributed by atoms with Crippen LogP contribution in [-0.2, 0) is 49.4 Å². The van der Waals surface area contributed by atoms with E-state index in [-0.39, 0.29) is 58.3 Å². The largest absolute Gasteiger partial charge is 0.391 e. The molecule has 3 rings (SSSR count). The standard InChI is InChI=1S/C36H55N5O10S/c1-24-32(52-23-40-24)26-7-5-25(6-8-26)20-39-34(45)29-19-27(42)21-41(29)35(46)31(36(2,3)4)28(33(38)44)22-51-18-17-50-16-15-49-14-13-48-12-11-47-10-9-30(37)43/h5-8,23,27-29,31,42H,9-22H2,1-4H3,(H2,37,43)(H2,38,44)(H,39,45)/t27-,28?,29+,31-/m1/s1. The minimum atomic E-state index is -0.980. The molecule has 15 nitrogen and oxygen atoms in total. The molecule has 2 heterocycles. The third kappa shape index (κ3) is 14.1. The van der Waals surface area contributed by atoms with E-state index in [1.807, 2.05) is 52.0 Å². The Morgan fingerprint density at radius 3 is 1.98 bits per heavy atom. The van der Waals surface area contributed by atoms with Crippen LogP contribution in [0.5, 0.6) is 0 Å². The summed E-state index contributed by atoms with van der Waals surface area (Å²) in [5, 5.41) is 13.5. The third-order valence-corrected chi connectivity index (χ3v) is 9.52. The van der Waals surface area contributed by atoms with Crippen LogP contribution >= 0.6 is 11.3 Å². The fourth-order valence-electron chi connectivity index (χ4n) is 5.90. The maximum Gasteiger partial charge on any atom is 0.243 e. The summed E-state index contributed by atoms with van der Waals surface area (Å²) in [6, 6.07) is 6.92. The van der Waals surface area contributed by atoms with Gasteiger partial charge in [0.1, 0.15) is 6.04 Å². The van der Waals surface area contributed by atoms with Crippen molar-refractivity contribution < 1.29 is 48.0 Å². The number of carbonyl (C=O) groups excluding carboxylic acids is 4. The van der Waals surface area contributed by atoms with Crippen LogP contribution in [-0.4, -0.2) is 123 Å². The molecule has 1 aliphatic heterocycles. The molecule has 2 aromatic rings. The highest BCUT2D eigenvalue weighted by molar-refractivity contribution is 7.13. The minimum absolute atomic E-state index is 0.0341. The second-order valence-corrected chi connectivity index (χ2v) is 14.5. The molecule has 1 fully saturated rings. The molecular weight excluding hydrogens is 694 g/mol. The molecule has 0 bridgehead atoms. The van der Waals surface area contributed by atoms with Crippen LogP contribution in [0.15, 0.2) is 29.8 Å². The number of aliphatic hydroxyl groups excluding tert-OH is 1. The van der Waals surface area contributed by atoms with Crippen molar-refractivity contribution in [3.63, 3.8) is 0 Å². The number of aromatic nitrogens is 1. The number of ether oxygens (including phenoxy) is 5. The minimum Gasteiger partial charge on any atom is -0.391 e. The summed E-state index contributed by atoms with van der Waals surface area (Å²) in [7, 11) is 0. The van der Waals surface area contributed by atoms with Crippen LogP contribution in [0.25, 0.3) is 10.4 Å². The quantitative estimate of drug-likeness (QED) is 0.113. The summed E-state index contributed by atoms with van der Waals surface area (Å²) >= 11 is 1.57. The van der Waals surface area contributed by atoms with Crippen molar-refractivity contribution in [3.8, 4) is 10.4 Å². The predicted molar refractivity (Wildman–Crippen MR) is 194 cm³/mol. The van der Waals surface area contributed by atoms with Gasteiger partial charge >= 0.3 is 0 Å². The zero-order chi connectivity index (χ0) is 38.1. The molecule has 1 aliphatic rings. The van der Waals surface area contributed by atoms with Gasteiger partial charge in [-0.3, -0.25) is 19.2 Å². The zero-order valence-electron chi connectivity index (χ0n) is 30.7. The van der Waals surface area contributed by atoms with E-state index in [0.717, 1.165) is 21.7 Å². The van der Waals surface area contributed by atoms with E-state index in [4.69, 9.17) is 35.2 Å². The Balaban J connectivity index is 1.43. The van der Waals surface area contributed by atoms with Gasteiger partial charge in [-0.25, -0.2) is 4.98 Å². The molecule has 1 unspecified atom stereocenters. The Morgan fingerprint density at radius 2 is 1.48 bits per heavy atom. The van der Waals surface area contributed by atoms with E-state index in [1.54, 1.807) is 16.8 Å². The zero-order valence-corrected chi connectivity index (χ0v) is 31.5. The van der Waals surface area contributed by atoms with E-state index < -0.39 is 47.1 Å². The van der Waals surface area contributed by atoms with E-state index in [1.165, 1.54) is 4.90 Å². The molecule has 4 amide bonds. The maximum atomic E-state index is 14.1. The molecule has 6 N–H and O–H groups in total. The van der Waals surface area contributed by atoms with Crippen LogP contribution in [0.1, 0.15) is 44.9 Å². The molecule has 16 heteroatoms. The number of aliphatic hydroxyl groups is 1. The molecule has 0 saturated carbocycles. The second-order valence-electron chi connectivity index (χ2n) is 13.7. The molecule has 1 aromatic heterocycles. The highest BCUT2D eigenvalue weighted by Gasteiger charge is 2.48. The Hall–Kier alpha value is -3.51. The Labute approximate surface area is 309 Å². The van der Waals surface area contributed by atoms with Gasteiger partial charge in [0, 0.05) is 25.9 Å². The fourth-order valence-corrected chi connectivity index (χ4v) is 6.71. The lowest BCUT2D eigenvalue weighted by Crippen LogP contribution is -2.53. The molecule has 290 valence electrons. The Bertz CT molecular complexity index is 1420. The molecule has 1 saturated heterocycles. The van der Waals surface area contributed by atoms with Crippen molar-refractivity contribution in [2.24, 2.45) is 28.7 Å². The number of amides is 4. The summed E-state index contributed by atoms with van der Waals surface area (Å²) < 4.78 is 27.3. The first kappa shape index (κ1) is 42.9. The SMILES string of the molecule is Cc1ncsc1-c1ccc(CNC(=O)[C@@H]2C[C@@H](O)CN2C(=O)[C@@H](C(COCCOCCOCCOCCOCCC(N)=O)C(N)=O)C(C)(C)C)cc1. The topological polar surface area (TPSA) is 215 Å². The fraction of sp³-hybridized carbons (Fsp3) is 0.639. The lowest BCUT2D eigenvalue weighted by molar-refractivity contribution is -0.151. The van der Waals surface area contributed by atoms with Crippen molar-refractivity contribution in [1.29, 1.82) is 0 Å². The summed E-state index contributed by atoms with van der Waals surface area (Å²) in [4.78, 5) is 57.7. The first-order valence-corrected chi connectivity index (χ1v) is 18.4. The number of nitrogens with one attached hydrogen (secondary N) is 1. The second kappa shape index (κ2) is 21.9. The van der Waals surface area contributed by atoms with Crippen LogP contribution in [0.4, 0.5) is 0 Å². The monoisotopic (exact) mass is 749 g/mol. The number of rotatable bonds is 24. The van der Waals surface area contributed by atoms with Crippen LogP contribution < -0.4 is 16.8 Å². The van der Waals surface area contributed by atoms with Gasteiger partial charge in [-0.05, 0) is 23.5 Å². The smallest absolute Gasteiger partial charge is 0.243 e. The number of carbonyl (C=O) groups is 4. The van der Waals surface area contributed by atoms with E-state index >= 15 is 0 Å². The van der Waals surface area contributed by atoms with Crippen molar-refractivity contribution in [1.82, 2.24) is 15.2 Å². The highest BCUT2D eigenvalue weighted by atomic mass is 32.1. The number of nitrogens with two attached hydrogens (primary N) is 2. The molecule has 0 radical (unpaired) electrons. The van der Waals surface area contributed by atoms with Gasteiger partial charge in [-0.15, -0.1) is 11.3 Å². The average Bonchev–Trinajstić information content (AvgIpc) is 3.70. The van der Waals surface area contributed by atoms with Gasteiger partial charge in [-0.1, -0.05) is 45.0 Å². The molecule has 0 spiro atoms. The lowest BCUT2D eigenvalue weighted by Gasteiger charge is -2.38. The van der Waals surface area contributed by atoms with Crippen LogP contribution in [0.3, 0.4) is 0 Å². The number of nitrogens with zero attached hydrogens (tertiary/aromatic N) is 2. The Morgan fingerprint density at radius 1 is 0.923 bits per heavy atom. The van der Waals surface area contributed by atoms with E-state index in [9.17, 15) is 24.3 Å². The highest BCUT2D eigenvalue weighted by Crippen LogP contribution is 2.36. The van der Waals surface area contributed by atoms with Gasteiger partial charge in [0.05, 0.1) is 100 Å². The Kier molecular flexibility index (Phi) is 18.1. The van der Waals surface area contributed by atoms with E-state index in [2.05, 4.69) is 10.3 Å². The number of hydrogen-bond acceptors (Lipinski definition) is 12. The number of benzene rings is 1. The summed E-state index contributed by atoms with van der Waals surface area (Å²) in [5.74, 6) is -3.82. The molecule has 4 atom stereocenters. The van der Waals surface area contributed by atoms with Crippen molar-refractivity contribution in [2.75, 3.05) is 72.6 Å². The summed E-state index contributed by atoms with van der Waals surface area (Å²) in [6.45, 7) is 10.4. The number of aryl methyl sites for hydroxylation is 1. The van der Waals surface area contributed by atoms with Gasteiger partial charge in [0.2, 0.25) is 23.6 Å². The summed E-state index contributed by atoms with van der Waals surface area (Å²) in [6.07, 6.45) is -0.631. The number of likely N-dealkylation sites (tertiary alicyclic amines) is 1. The van der Waals surface area contributed by atoms with Crippen molar-refractivity contribution in [3.05, 3.63) is 41.0 Å². The van der Waals surface area contributed by atoms with Crippen LogP contribution in [0.2, 0.25) is 0 Å². The lowest BCUT2D eigenvalue weighted by atomic mass is 9.72. The number of hydrogen-bond donors (Lipinski definition) is 4. The number of β-amino-alcohol motifs (C(OH)–C–C–N with tert-alkyl or cyclic N) is 1. The predicted octanol–water partition coefficient (Wildman–Crippen LogP) is 1.42. The van der Waals surface area contributed by atoms with Gasteiger partial charge in [0.25, 0.3) is 0 Å². The maximum absolute atomic E-state index is 14.1. The van der Waals surface area contributed by atoms with Crippen LogP contribution in [0, 0.1) is 24.2 Å². The van der Waals surface area contributed by atoms with Gasteiger partial charge in [0.15, 0.2) is 0 Å². The molecule has 1 aromatic carbocycles. The van der Waals surface area contributed by atoms with Gasteiger partial charge in [-0.2, -0.15) is 0 Å². The molecule has 0 aliphatic carbocycles. The van der Waals surface area contributed by atoms with E-state index in [0.29, 0.717) is 39.6 Å². The third-order valence-electron chi connectivity index (χ3n) is 8.54. The molecular formula is C36H55N5O10S. The average molecular weight is 750 g/mol. The number of primary amides is 2. The normalized spacial score (nSPS) is 17.2. The van der Waals surface area contributed by atoms with Crippen molar-refractivity contribution >= 4 is 35.0 Å². The van der Waals surface area contributed by atoms with Gasteiger partial charge < -0.3 is 50.5 Å².